The molecule has 0 saturated carbocycles. The lowest BCUT2D eigenvalue weighted by Crippen LogP contribution is -2.56. The van der Waals surface area contributed by atoms with Crippen molar-refractivity contribution in [3.63, 3.8) is 0 Å². The van der Waals surface area contributed by atoms with Crippen molar-refractivity contribution in [1.82, 2.24) is 10.1 Å². The van der Waals surface area contributed by atoms with Crippen LogP contribution in [0.2, 0.25) is 0 Å². The molecule has 1 atom stereocenters. The van der Waals surface area contributed by atoms with Gasteiger partial charge in [-0.2, -0.15) is 18.4 Å². The Labute approximate surface area is 152 Å². The molecule has 1 fully saturated rings. The van der Waals surface area contributed by atoms with Gasteiger partial charge in [-0.1, -0.05) is 19.0 Å². The minimum absolute atomic E-state index is 0.0181. The SMILES string of the molecule is CC1(C)CC2(C=C(C#N)C1=O)CN(C(=O)c1cc(C(F)(F)F)no1)CCO2. The maximum atomic E-state index is 12.7. The van der Waals surface area contributed by atoms with Gasteiger partial charge in [0.25, 0.3) is 5.91 Å². The lowest BCUT2D eigenvalue weighted by Gasteiger charge is -2.46. The number of Topliss-reactive ketones (excluding diaryl/α,β-unsaturated/α-hetero) is 1. The van der Waals surface area contributed by atoms with E-state index in [1.165, 1.54) is 11.0 Å². The van der Waals surface area contributed by atoms with Gasteiger partial charge in [0.2, 0.25) is 5.76 Å². The van der Waals surface area contributed by atoms with E-state index in [9.17, 15) is 28.0 Å². The summed E-state index contributed by atoms with van der Waals surface area (Å²) in [7, 11) is 0. The maximum Gasteiger partial charge on any atom is 0.436 e. The van der Waals surface area contributed by atoms with Gasteiger partial charge in [-0.3, -0.25) is 9.59 Å². The van der Waals surface area contributed by atoms with Crippen molar-refractivity contribution < 1.29 is 32.0 Å². The molecule has 0 aromatic carbocycles. The van der Waals surface area contributed by atoms with E-state index in [1.807, 2.05) is 6.07 Å². The van der Waals surface area contributed by atoms with Gasteiger partial charge < -0.3 is 14.2 Å². The number of ether oxygens (including phenoxy) is 1. The molecular weight excluding hydrogens is 367 g/mol. The molecule has 2 heterocycles. The summed E-state index contributed by atoms with van der Waals surface area (Å²) in [5.41, 5.74) is -3.28. The maximum absolute atomic E-state index is 12.7. The summed E-state index contributed by atoms with van der Waals surface area (Å²) in [4.78, 5) is 26.1. The summed E-state index contributed by atoms with van der Waals surface area (Å²) in [6.07, 6.45) is -3.08. The first kappa shape index (κ1) is 19.1. The van der Waals surface area contributed by atoms with E-state index in [-0.39, 0.29) is 37.5 Å². The lowest BCUT2D eigenvalue weighted by molar-refractivity contribution is -0.142. The monoisotopic (exact) mass is 383 g/mol. The number of nitriles is 1. The highest BCUT2D eigenvalue weighted by molar-refractivity contribution is 6.04. The van der Waals surface area contributed by atoms with Crippen molar-refractivity contribution >= 4 is 11.7 Å². The normalized spacial score (nSPS) is 25.3. The summed E-state index contributed by atoms with van der Waals surface area (Å²) < 4.78 is 48.3. The number of halogens is 3. The summed E-state index contributed by atoms with van der Waals surface area (Å²) in [5.74, 6) is -1.61. The molecule has 144 valence electrons. The van der Waals surface area contributed by atoms with Crippen LogP contribution in [0.25, 0.3) is 0 Å². The molecule has 0 bridgehead atoms. The molecule has 1 aromatic rings. The standard InChI is InChI=1S/C17H16F3N3O4/c1-15(2)8-16(6-10(7-21)13(15)24)9-23(3-4-26-16)14(25)11-5-12(22-27-11)17(18,19)20/h5-6H,3-4,8-9H2,1-2H3. The third-order valence-corrected chi connectivity index (χ3v) is 4.64. The number of carbonyl (C=O) groups excluding carboxylic acids is 2. The zero-order chi connectivity index (χ0) is 20.0. The molecule has 7 nitrogen and oxygen atoms in total. The van der Waals surface area contributed by atoms with E-state index in [0.29, 0.717) is 6.07 Å². The molecule has 0 N–H and O–H groups in total. The molecule has 3 rings (SSSR count). The fraction of sp³-hybridized carbons (Fsp3) is 0.529. The Morgan fingerprint density at radius 2 is 2.11 bits per heavy atom. The topological polar surface area (TPSA) is 96.4 Å². The molecule has 1 unspecified atom stereocenters. The van der Waals surface area contributed by atoms with Crippen LogP contribution in [0.5, 0.6) is 0 Å². The summed E-state index contributed by atoms with van der Waals surface area (Å²) in [6.45, 7) is 3.57. The molecule has 1 saturated heterocycles. The van der Waals surface area contributed by atoms with Crippen molar-refractivity contribution in [2.24, 2.45) is 5.41 Å². The van der Waals surface area contributed by atoms with Crippen LogP contribution >= 0.6 is 0 Å². The van der Waals surface area contributed by atoms with Crippen LogP contribution in [0, 0.1) is 16.7 Å². The largest absolute Gasteiger partial charge is 0.436 e. The Balaban J connectivity index is 1.87. The third kappa shape index (κ3) is 3.47. The number of ketones is 1. The predicted molar refractivity (Wildman–Crippen MR) is 83.2 cm³/mol. The van der Waals surface area contributed by atoms with Crippen LogP contribution in [0.4, 0.5) is 13.2 Å². The minimum atomic E-state index is -4.72. The Bertz CT molecular complexity index is 866. The molecule has 1 spiro atoms. The number of hydrogen-bond donors (Lipinski definition) is 0. The van der Waals surface area contributed by atoms with Gasteiger partial charge in [-0.05, 0) is 12.5 Å². The number of morpholine rings is 1. The van der Waals surface area contributed by atoms with Crippen LogP contribution in [0.15, 0.2) is 22.2 Å². The van der Waals surface area contributed by atoms with E-state index < -0.39 is 34.6 Å². The summed E-state index contributed by atoms with van der Waals surface area (Å²) in [5, 5.41) is 12.1. The van der Waals surface area contributed by atoms with Crippen molar-refractivity contribution in [2.45, 2.75) is 32.0 Å². The highest BCUT2D eigenvalue weighted by atomic mass is 19.4. The molecule has 1 aliphatic carbocycles. The molecule has 1 aliphatic heterocycles. The van der Waals surface area contributed by atoms with Gasteiger partial charge in [-0.25, -0.2) is 0 Å². The van der Waals surface area contributed by atoms with Crippen LogP contribution in [-0.4, -0.2) is 47.0 Å². The molecule has 27 heavy (non-hydrogen) atoms. The number of aromatic nitrogens is 1. The van der Waals surface area contributed by atoms with Gasteiger partial charge in [0.05, 0.1) is 18.7 Å². The van der Waals surface area contributed by atoms with Crippen LogP contribution < -0.4 is 0 Å². The number of alkyl halides is 3. The van der Waals surface area contributed by atoms with Gasteiger partial charge in [0.15, 0.2) is 11.5 Å². The number of amides is 1. The van der Waals surface area contributed by atoms with Gasteiger partial charge in [0, 0.05) is 18.0 Å². The van der Waals surface area contributed by atoms with E-state index in [4.69, 9.17) is 4.74 Å². The van der Waals surface area contributed by atoms with Crippen LogP contribution in [-0.2, 0) is 15.7 Å². The highest BCUT2D eigenvalue weighted by Crippen LogP contribution is 2.41. The minimum Gasteiger partial charge on any atom is -0.367 e. The van der Waals surface area contributed by atoms with Crippen LogP contribution in [0.1, 0.15) is 36.5 Å². The zero-order valence-corrected chi connectivity index (χ0v) is 14.6. The zero-order valence-electron chi connectivity index (χ0n) is 14.6. The van der Waals surface area contributed by atoms with Crippen LogP contribution in [0.3, 0.4) is 0 Å². The molecule has 1 amide bonds. The number of allylic oxidation sites excluding steroid dienone is 1. The van der Waals surface area contributed by atoms with Crippen molar-refractivity contribution in [3.05, 3.63) is 29.2 Å². The average Bonchev–Trinajstić information content (AvgIpc) is 3.07. The number of rotatable bonds is 1. The van der Waals surface area contributed by atoms with E-state index in [1.54, 1.807) is 13.8 Å². The number of carbonyl (C=O) groups is 2. The first-order valence-corrected chi connectivity index (χ1v) is 8.12. The van der Waals surface area contributed by atoms with Crippen molar-refractivity contribution in [1.29, 1.82) is 5.26 Å². The second-order valence-electron chi connectivity index (χ2n) is 7.27. The van der Waals surface area contributed by atoms with Gasteiger partial charge in [-0.15, -0.1) is 0 Å². The van der Waals surface area contributed by atoms with E-state index in [0.717, 1.165) is 0 Å². The quantitative estimate of drug-likeness (QED) is 0.739. The molecular formula is C17H16F3N3O4. The Morgan fingerprint density at radius 1 is 1.41 bits per heavy atom. The smallest absolute Gasteiger partial charge is 0.367 e. The number of hydrogen-bond acceptors (Lipinski definition) is 6. The lowest BCUT2D eigenvalue weighted by atomic mass is 9.69. The van der Waals surface area contributed by atoms with Gasteiger partial charge >= 0.3 is 6.18 Å². The fourth-order valence-corrected chi connectivity index (χ4v) is 3.50. The highest BCUT2D eigenvalue weighted by Gasteiger charge is 2.49. The van der Waals surface area contributed by atoms with E-state index in [2.05, 4.69) is 9.68 Å². The fourth-order valence-electron chi connectivity index (χ4n) is 3.50. The molecule has 1 aromatic heterocycles. The van der Waals surface area contributed by atoms with E-state index >= 15 is 0 Å². The van der Waals surface area contributed by atoms with Crippen molar-refractivity contribution in [2.75, 3.05) is 19.7 Å². The first-order chi connectivity index (χ1) is 12.5. The first-order valence-electron chi connectivity index (χ1n) is 8.12. The molecule has 2 aliphatic rings. The Kier molecular flexibility index (Phi) is 4.38. The third-order valence-electron chi connectivity index (χ3n) is 4.64. The summed E-state index contributed by atoms with van der Waals surface area (Å²) in [6, 6.07) is 2.40. The molecule has 0 radical (unpaired) electrons. The average molecular weight is 383 g/mol. The number of nitrogens with zero attached hydrogens (tertiary/aromatic N) is 3. The Morgan fingerprint density at radius 3 is 2.70 bits per heavy atom. The van der Waals surface area contributed by atoms with Gasteiger partial charge in [0.1, 0.15) is 11.7 Å². The molecule has 10 heteroatoms. The summed E-state index contributed by atoms with van der Waals surface area (Å²) >= 11 is 0. The second-order valence-corrected chi connectivity index (χ2v) is 7.27. The predicted octanol–water partition coefficient (Wildman–Crippen LogP) is 2.35. The Hall–Kier alpha value is -2.67. The van der Waals surface area contributed by atoms with Crippen molar-refractivity contribution in [3.8, 4) is 6.07 Å². The second kappa shape index (κ2) is 6.20.